The molecule has 1 aliphatic rings. The standard InChI is InChI=1S/C25H25N3O3/c1-29-18-10-7-16(8-11-18)15-31-22-12-9-17(13-23(22)30-2)24-19-5-3-4-6-21(19)28-25(27)20(24)14-26/h7-13H,3-6,15H2,1-2H3,(H2,27,28). The Morgan fingerprint density at radius 1 is 1.00 bits per heavy atom. The van der Waals surface area contributed by atoms with Crippen molar-refractivity contribution in [2.45, 2.75) is 32.3 Å². The Morgan fingerprint density at radius 2 is 1.77 bits per heavy atom. The van der Waals surface area contributed by atoms with Crippen molar-refractivity contribution < 1.29 is 14.2 Å². The molecule has 6 nitrogen and oxygen atoms in total. The summed E-state index contributed by atoms with van der Waals surface area (Å²) in [5.41, 5.74) is 11.4. The second kappa shape index (κ2) is 8.97. The number of aryl methyl sites for hydroxylation is 1. The van der Waals surface area contributed by atoms with Gasteiger partial charge >= 0.3 is 0 Å². The smallest absolute Gasteiger partial charge is 0.161 e. The van der Waals surface area contributed by atoms with Gasteiger partial charge in [0.15, 0.2) is 11.5 Å². The number of benzene rings is 2. The summed E-state index contributed by atoms with van der Waals surface area (Å²) in [6, 6.07) is 15.7. The first-order chi connectivity index (χ1) is 15.1. The summed E-state index contributed by atoms with van der Waals surface area (Å²) in [5.74, 6) is 2.34. The lowest BCUT2D eigenvalue weighted by atomic mass is 9.86. The van der Waals surface area contributed by atoms with Crippen LogP contribution in [0.4, 0.5) is 5.82 Å². The third-order valence-electron chi connectivity index (χ3n) is 5.62. The molecule has 3 aromatic rings. The van der Waals surface area contributed by atoms with E-state index in [2.05, 4.69) is 11.1 Å². The summed E-state index contributed by atoms with van der Waals surface area (Å²) in [5, 5.41) is 9.76. The SMILES string of the molecule is COc1ccc(COc2ccc(-c3c(C#N)c(N)nc4c3CCCC4)cc2OC)cc1. The molecule has 2 N–H and O–H groups in total. The number of aromatic nitrogens is 1. The Kier molecular flexibility index (Phi) is 5.94. The van der Waals surface area contributed by atoms with Gasteiger partial charge in [-0.2, -0.15) is 5.26 Å². The van der Waals surface area contributed by atoms with E-state index in [-0.39, 0.29) is 5.82 Å². The zero-order valence-electron chi connectivity index (χ0n) is 17.8. The Morgan fingerprint density at radius 3 is 2.48 bits per heavy atom. The van der Waals surface area contributed by atoms with Gasteiger partial charge in [0.25, 0.3) is 0 Å². The highest BCUT2D eigenvalue weighted by Crippen LogP contribution is 2.39. The van der Waals surface area contributed by atoms with E-state index in [1.807, 2.05) is 42.5 Å². The Hall–Kier alpha value is -3.72. The minimum Gasteiger partial charge on any atom is -0.497 e. The molecule has 0 radical (unpaired) electrons. The van der Waals surface area contributed by atoms with Gasteiger partial charge in [0.2, 0.25) is 0 Å². The van der Waals surface area contributed by atoms with E-state index in [1.165, 1.54) is 0 Å². The summed E-state index contributed by atoms with van der Waals surface area (Å²) in [6.45, 7) is 0.404. The van der Waals surface area contributed by atoms with Crippen LogP contribution in [0.5, 0.6) is 17.2 Å². The van der Waals surface area contributed by atoms with Crippen molar-refractivity contribution in [3.8, 4) is 34.4 Å². The lowest BCUT2D eigenvalue weighted by Crippen LogP contribution is -2.12. The molecule has 31 heavy (non-hydrogen) atoms. The van der Waals surface area contributed by atoms with Crippen molar-refractivity contribution in [2.75, 3.05) is 20.0 Å². The molecular formula is C25H25N3O3. The van der Waals surface area contributed by atoms with Gasteiger partial charge < -0.3 is 19.9 Å². The third kappa shape index (κ3) is 4.13. The molecule has 0 unspecified atom stereocenters. The summed E-state index contributed by atoms with van der Waals surface area (Å²) in [4.78, 5) is 4.50. The van der Waals surface area contributed by atoms with Crippen LogP contribution in [0.15, 0.2) is 42.5 Å². The van der Waals surface area contributed by atoms with Gasteiger partial charge in [-0.3, -0.25) is 0 Å². The quantitative estimate of drug-likeness (QED) is 0.629. The zero-order chi connectivity index (χ0) is 21.8. The van der Waals surface area contributed by atoms with E-state index in [0.29, 0.717) is 23.7 Å². The van der Waals surface area contributed by atoms with Gasteiger partial charge in [-0.25, -0.2) is 4.98 Å². The number of hydrogen-bond acceptors (Lipinski definition) is 6. The van der Waals surface area contributed by atoms with Crippen molar-refractivity contribution in [1.29, 1.82) is 5.26 Å². The third-order valence-corrected chi connectivity index (χ3v) is 5.62. The van der Waals surface area contributed by atoms with Crippen molar-refractivity contribution in [2.24, 2.45) is 0 Å². The molecule has 0 saturated heterocycles. The molecule has 0 amide bonds. The number of nitrogen functional groups attached to an aromatic ring is 1. The number of fused-ring (bicyclic) bond motifs is 1. The maximum absolute atomic E-state index is 9.76. The van der Waals surface area contributed by atoms with Crippen molar-refractivity contribution in [3.05, 3.63) is 64.8 Å². The van der Waals surface area contributed by atoms with Crippen molar-refractivity contribution in [3.63, 3.8) is 0 Å². The molecule has 1 heterocycles. The van der Waals surface area contributed by atoms with Gasteiger partial charge in [0.05, 0.1) is 14.2 Å². The Bertz CT molecular complexity index is 1130. The largest absolute Gasteiger partial charge is 0.497 e. The first kappa shape index (κ1) is 20.5. The fourth-order valence-electron chi connectivity index (χ4n) is 4.02. The number of nitrogens with zero attached hydrogens (tertiary/aromatic N) is 2. The highest BCUT2D eigenvalue weighted by molar-refractivity contribution is 5.80. The van der Waals surface area contributed by atoms with Gasteiger partial charge in [0, 0.05) is 11.3 Å². The average molecular weight is 415 g/mol. The number of methoxy groups -OCH3 is 2. The molecule has 0 atom stereocenters. The van der Waals surface area contributed by atoms with Crippen LogP contribution >= 0.6 is 0 Å². The molecule has 158 valence electrons. The molecule has 2 aromatic carbocycles. The summed E-state index contributed by atoms with van der Waals surface area (Å²) in [7, 11) is 3.25. The number of nitrogens with two attached hydrogens (primary N) is 1. The van der Waals surface area contributed by atoms with Crippen molar-refractivity contribution >= 4 is 5.82 Å². The highest BCUT2D eigenvalue weighted by atomic mass is 16.5. The van der Waals surface area contributed by atoms with Crippen LogP contribution in [-0.4, -0.2) is 19.2 Å². The average Bonchev–Trinajstić information content (AvgIpc) is 2.82. The number of pyridine rings is 1. The first-order valence-electron chi connectivity index (χ1n) is 10.3. The lowest BCUT2D eigenvalue weighted by Gasteiger charge is -2.21. The molecule has 0 bridgehead atoms. The maximum Gasteiger partial charge on any atom is 0.161 e. The molecule has 0 fully saturated rings. The number of rotatable bonds is 6. The minimum atomic E-state index is 0.289. The first-order valence-corrected chi connectivity index (χ1v) is 10.3. The van der Waals surface area contributed by atoms with Crippen LogP contribution in [0.25, 0.3) is 11.1 Å². The predicted molar refractivity (Wildman–Crippen MR) is 119 cm³/mol. The maximum atomic E-state index is 9.76. The normalized spacial score (nSPS) is 12.5. The fourth-order valence-corrected chi connectivity index (χ4v) is 4.02. The van der Waals surface area contributed by atoms with E-state index in [1.54, 1.807) is 14.2 Å². The summed E-state index contributed by atoms with van der Waals surface area (Å²) in [6.07, 6.45) is 3.95. The Labute approximate surface area is 182 Å². The van der Waals surface area contributed by atoms with Gasteiger partial charge in [0.1, 0.15) is 29.8 Å². The second-order valence-corrected chi connectivity index (χ2v) is 7.49. The molecule has 0 spiro atoms. The van der Waals surface area contributed by atoms with Crippen LogP contribution in [0.1, 0.15) is 35.2 Å². The number of ether oxygens (including phenoxy) is 3. The molecule has 4 rings (SSSR count). The van der Waals surface area contributed by atoms with E-state index in [4.69, 9.17) is 19.9 Å². The monoisotopic (exact) mass is 415 g/mol. The van der Waals surface area contributed by atoms with Crippen molar-refractivity contribution in [1.82, 2.24) is 4.98 Å². The van der Waals surface area contributed by atoms with E-state index in [9.17, 15) is 5.26 Å². The lowest BCUT2D eigenvalue weighted by molar-refractivity contribution is 0.284. The summed E-state index contributed by atoms with van der Waals surface area (Å²) >= 11 is 0. The number of nitriles is 1. The second-order valence-electron chi connectivity index (χ2n) is 7.49. The zero-order valence-corrected chi connectivity index (χ0v) is 17.8. The van der Waals surface area contributed by atoms with E-state index < -0.39 is 0 Å². The topological polar surface area (TPSA) is 90.4 Å². The molecule has 1 aliphatic carbocycles. The molecule has 1 aromatic heterocycles. The van der Waals surface area contributed by atoms with Crippen LogP contribution in [0, 0.1) is 11.3 Å². The fraction of sp³-hybridized carbons (Fsp3) is 0.280. The predicted octanol–water partition coefficient (Wildman–Crippen LogP) is 4.68. The molecular weight excluding hydrogens is 390 g/mol. The Balaban J connectivity index is 1.67. The van der Waals surface area contributed by atoms with Crippen LogP contribution < -0.4 is 19.9 Å². The van der Waals surface area contributed by atoms with Gasteiger partial charge in [-0.05, 0) is 66.6 Å². The van der Waals surface area contributed by atoms with Gasteiger partial charge in [-0.1, -0.05) is 18.2 Å². The number of hydrogen-bond donors (Lipinski definition) is 1. The number of anilines is 1. The van der Waals surface area contributed by atoms with Crippen LogP contribution in [0.3, 0.4) is 0 Å². The van der Waals surface area contributed by atoms with Crippen LogP contribution in [-0.2, 0) is 19.4 Å². The molecule has 0 saturated carbocycles. The van der Waals surface area contributed by atoms with E-state index in [0.717, 1.165) is 59.4 Å². The van der Waals surface area contributed by atoms with Crippen LogP contribution in [0.2, 0.25) is 0 Å². The molecule has 6 heteroatoms. The minimum absolute atomic E-state index is 0.289. The summed E-state index contributed by atoms with van der Waals surface area (Å²) < 4.78 is 16.8. The van der Waals surface area contributed by atoms with E-state index >= 15 is 0 Å². The van der Waals surface area contributed by atoms with Gasteiger partial charge in [-0.15, -0.1) is 0 Å². The highest BCUT2D eigenvalue weighted by Gasteiger charge is 2.22. The molecule has 0 aliphatic heterocycles.